The first kappa shape index (κ1) is 27.0. The zero-order chi connectivity index (χ0) is 28.1. The van der Waals surface area contributed by atoms with Crippen LogP contribution in [0.5, 0.6) is 5.75 Å². The number of benzene rings is 3. The van der Waals surface area contributed by atoms with E-state index in [0.717, 1.165) is 18.4 Å². The topological polar surface area (TPSA) is 90.0 Å². The van der Waals surface area contributed by atoms with Gasteiger partial charge in [-0.1, -0.05) is 36.3 Å². The molecule has 2 aliphatic heterocycles. The lowest BCUT2D eigenvalue weighted by molar-refractivity contribution is -0.130. The van der Waals surface area contributed by atoms with Gasteiger partial charge in [-0.15, -0.1) is 5.92 Å². The number of carbonyl (C=O) groups is 3. The van der Waals surface area contributed by atoms with Crippen LogP contribution in [-0.2, 0) is 4.79 Å². The zero-order valence-electron chi connectivity index (χ0n) is 22.5. The summed E-state index contributed by atoms with van der Waals surface area (Å²) in [5.41, 5.74) is 2.66. The SMILES string of the molecule is CC#C[C@@H](CC(=O)N1C[C@H]2CCCN(C(=O)c3ccc(NC(=O)c4ccccc4)cc3)[C@H]2C1)c1ccc(O)cc1. The minimum absolute atomic E-state index is 0.0213. The van der Waals surface area contributed by atoms with Crippen LogP contribution in [-0.4, -0.2) is 58.3 Å². The van der Waals surface area contributed by atoms with Crippen molar-refractivity contribution >= 4 is 23.4 Å². The largest absolute Gasteiger partial charge is 0.508 e. The molecule has 2 N–H and O–H groups in total. The van der Waals surface area contributed by atoms with E-state index in [9.17, 15) is 19.5 Å². The average Bonchev–Trinajstić information content (AvgIpc) is 3.43. The summed E-state index contributed by atoms with van der Waals surface area (Å²) in [6, 6.07) is 22.8. The van der Waals surface area contributed by atoms with E-state index in [2.05, 4.69) is 17.2 Å². The van der Waals surface area contributed by atoms with E-state index in [-0.39, 0.29) is 47.8 Å². The van der Waals surface area contributed by atoms with Crippen molar-refractivity contribution in [1.82, 2.24) is 9.80 Å². The van der Waals surface area contributed by atoms with Gasteiger partial charge in [0.25, 0.3) is 11.8 Å². The molecule has 0 aliphatic carbocycles. The maximum absolute atomic E-state index is 13.5. The Balaban J connectivity index is 1.23. The van der Waals surface area contributed by atoms with Crippen LogP contribution in [0, 0.1) is 17.8 Å². The number of aromatic hydroxyl groups is 1. The van der Waals surface area contributed by atoms with Crippen LogP contribution < -0.4 is 5.32 Å². The van der Waals surface area contributed by atoms with Crippen LogP contribution in [0.4, 0.5) is 5.69 Å². The number of phenolic OH excluding ortho intramolecular Hbond substituents is 1. The van der Waals surface area contributed by atoms with E-state index in [1.807, 2.05) is 28.0 Å². The van der Waals surface area contributed by atoms with Crippen molar-refractivity contribution < 1.29 is 19.5 Å². The third-order valence-electron chi connectivity index (χ3n) is 7.81. The van der Waals surface area contributed by atoms with Crippen molar-refractivity contribution in [2.75, 3.05) is 25.0 Å². The predicted octanol–water partition coefficient (Wildman–Crippen LogP) is 4.90. The maximum Gasteiger partial charge on any atom is 0.255 e. The van der Waals surface area contributed by atoms with Gasteiger partial charge in [-0.3, -0.25) is 14.4 Å². The van der Waals surface area contributed by atoms with Gasteiger partial charge in [0.1, 0.15) is 5.75 Å². The van der Waals surface area contributed by atoms with Crippen LogP contribution in [0.1, 0.15) is 58.4 Å². The van der Waals surface area contributed by atoms with Gasteiger partial charge in [0.15, 0.2) is 0 Å². The minimum Gasteiger partial charge on any atom is -0.508 e. The number of phenols is 1. The van der Waals surface area contributed by atoms with Crippen molar-refractivity contribution in [2.45, 2.75) is 38.1 Å². The number of carbonyl (C=O) groups excluding carboxylic acids is 3. The van der Waals surface area contributed by atoms with Crippen LogP contribution in [0.15, 0.2) is 78.9 Å². The summed E-state index contributed by atoms with van der Waals surface area (Å²) in [6.45, 7) is 3.57. The Hall–Kier alpha value is -4.57. The lowest BCUT2D eigenvalue weighted by Crippen LogP contribution is -2.48. The number of amides is 3. The van der Waals surface area contributed by atoms with Gasteiger partial charge >= 0.3 is 0 Å². The molecule has 2 aliphatic rings. The fraction of sp³-hybridized carbons (Fsp3) is 0.303. The molecule has 0 bridgehead atoms. The van der Waals surface area contributed by atoms with Crippen LogP contribution in [0.2, 0.25) is 0 Å². The van der Waals surface area contributed by atoms with Crippen molar-refractivity contribution in [1.29, 1.82) is 0 Å². The van der Waals surface area contributed by atoms with E-state index < -0.39 is 0 Å². The summed E-state index contributed by atoms with van der Waals surface area (Å²) < 4.78 is 0. The normalized spacial score (nSPS) is 18.7. The molecule has 0 spiro atoms. The molecule has 0 saturated carbocycles. The highest BCUT2D eigenvalue weighted by Crippen LogP contribution is 2.33. The third kappa shape index (κ3) is 6.02. The van der Waals surface area contributed by atoms with E-state index >= 15 is 0 Å². The Morgan fingerprint density at radius 3 is 2.38 bits per heavy atom. The maximum atomic E-state index is 13.5. The Morgan fingerprint density at radius 2 is 1.68 bits per heavy atom. The van der Waals surface area contributed by atoms with Gasteiger partial charge in [0.05, 0.1) is 12.0 Å². The van der Waals surface area contributed by atoms with Gasteiger partial charge in [-0.2, -0.15) is 0 Å². The monoisotopic (exact) mass is 535 g/mol. The highest BCUT2D eigenvalue weighted by Gasteiger charge is 2.42. The van der Waals surface area contributed by atoms with E-state index in [0.29, 0.717) is 36.4 Å². The van der Waals surface area contributed by atoms with Gasteiger partial charge in [0, 0.05) is 42.9 Å². The number of piperidine rings is 1. The Bertz CT molecular complexity index is 1420. The molecule has 5 rings (SSSR count). The number of fused-ring (bicyclic) bond motifs is 1. The molecule has 3 atom stereocenters. The van der Waals surface area contributed by atoms with E-state index in [4.69, 9.17) is 0 Å². The lowest BCUT2D eigenvalue weighted by atomic mass is 9.91. The van der Waals surface area contributed by atoms with Gasteiger partial charge in [-0.05, 0) is 79.8 Å². The molecule has 3 aromatic carbocycles. The first-order valence-corrected chi connectivity index (χ1v) is 13.7. The second-order valence-corrected chi connectivity index (χ2v) is 10.4. The molecule has 2 saturated heterocycles. The van der Waals surface area contributed by atoms with Crippen molar-refractivity contribution in [3.63, 3.8) is 0 Å². The molecular formula is C33H33N3O4. The molecule has 40 heavy (non-hydrogen) atoms. The second kappa shape index (κ2) is 12.1. The molecule has 3 amide bonds. The first-order chi connectivity index (χ1) is 19.4. The number of anilines is 1. The molecule has 3 aromatic rings. The average molecular weight is 536 g/mol. The Kier molecular flexibility index (Phi) is 8.16. The number of hydrogen-bond acceptors (Lipinski definition) is 4. The first-order valence-electron chi connectivity index (χ1n) is 13.7. The van der Waals surface area contributed by atoms with Crippen molar-refractivity contribution in [3.05, 3.63) is 95.6 Å². The fourth-order valence-corrected chi connectivity index (χ4v) is 5.73. The summed E-state index contributed by atoms with van der Waals surface area (Å²) in [4.78, 5) is 43.2. The molecular weight excluding hydrogens is 502 g/mol. The number of likely N-dealkylation sites (tertiary alicyclic amines) is 2. The van der Waals surface area contributed by atoms with E-state index in [1.54, 1.807) is 67.6 Å². The van der Waals surface area contributed by atoms with Gasteiger partial charge < -0.3 is 20.2 Å². The molecule has 0 radical (unpaired) electrons. The molecule has 0 unspecified atom stereocenters. The Labute approximate surface area is 234 Å². The molecule has 2 fully saturated rings. The number of hydrogen-bond donors (Lipinski definition) is 2. The molecule has 0 aromatic heterocycles. The van der Waals surface area contributed by atoms with Crippen LogP contribution >= 0.6 is 0 Å². The van der Waals surface area contributed by atoms with Crippen molar-refractivity contribution in [3.8, 4) is 17.6 Å². The molecule has 2 heterocycles. The summed E-state index contributed by atoms with van der Waals surface area (Å²) in [6.07, 6.45) is 2.14. The Morgan fingerprint density at radius 1 is 0.950 bits per heavy atom. The van der Waals surface area contributed by atoms with E-state index in [1.165, 1.54) is 0 Å². The lowest BCUT2D eigenvalue weighted by Gasteiger charge is -2.36. The summed E-state index contributed by atoms with van der Waals surface area (Å²) >= 11 is 0. The summed E-state index contributed by atoms with van der Waals surface area (Å²) in [5.74, 6) is 6.02. The smallest absolute Gasteiger partial charge is 0.255 e. The number of rotatable bonds is 6. The zero-order valence-corrected chi connectivity index (χ0v) is 22.5. The fourth-order valence-electron chi connectivity index (χ4n) is 5.73. The molecule has 7 heteroatoms. The molecule has 7 nitrogen and oxygen atoms in total. The molecule has 204 valence electrons. The summed E-state index contributed by atoms with van der Waals surface area (Å²) in [5, 5.41) is 12.5. The second-order valence-electron chi connectivity index (χ2n) is 10.4. The highest BCUT2D eigenvalue weighted by atomic mass is 16.3. The van der Waals surface area contributed by atoms with Crippen LogP contribution in [0.25, 0.3) is 0 Å². The standard InChI is InChI=1S/C33H33N3O4/c1-2-7-26(23-13-17-29(37)18-14-23)20-31(38)35-21-27-10-6-19-36(30(27)22-35)33(40)25-11-15-28(16-12-25)34-32(39)24-8-4-3-5-9-24/h3-5,8-9,11-18,26-27,30,37H,6,10,19-22H2,1H3,(H,34,39)/t26-,27+,30-/m0/s1. The van der Waals surface area contributed by atoms with Crippen molar-refractivity contribution in [2.24, 2.45) is 5.92 Å². The predicted molar refractivity (Wildman–Crippen MR) is 154 cm³/mol. The van der Waals surface area contributed by atoms with Gasteiger partial charge in [0.2, 0.25) is 5.91 Å². The van der Waals surface area contributed by atoms with Gasteiger partial charge in [-0.25, -0.2) is 0 Å². The third-order valence-corrected chi connectivity index (χ3v) is 7.81. The summed E-state index contributed by atoms with van der Waals surface area (Å²) in [7, 11) is 0. The number of nitrogens with zero attached hydrogens (tertiary/aromatic N) is 2. The highest BCUT2D eigenvalue weighted by molar-refractivity contribution is 6.04. The number of nitrogens with one attached hydrogen (secondary N) is 1. The minimum atomic E-state index is -0.251. The van der Waals surface area contributed by atoms with Crippen LogP contribution in [0.3, 0.4) is 0 Å². The quantitative estimate of drug-likeness (QED) is 0.439.